The van der Waals surface area contributed by atoms with Crippen LogP contribution in [-0.2, 0) is 29.2 Å². The zero-order valence-electron chi connectivity index (χ0n) is 6.05. The third kappa shape index (κ3) is 1.75. The fourth-order valence-corrected chi connectivity index (χ4v) is 2.59. The van der Waals surface area contributed by atoms with Gasteiger partial charge in [0.05, 0.1) is 0 Å². The van der Waals surface area contributed by atoms with E-state index in [1.807, 2.05) is 0 Å². The van der Waals surface area contributed by atoms with Crippen molar-refractivity contribution in [3.8, 4) is 0 Å². The van der Waals surface area contributed by atoms with Crippen LogP contribution in [0, 0.1) is 0 Å². The van der Waals surface area contributed by atoms with Crippen LogP contribution in [0.3, 0.4) is 0 Å². The molecule has 5 heteroatoms. The van der Waals surface area contributed by atoms with E-state index in [4.69, 9.17) is 4.74 Å². The molecule has 0 N–H and O–H groups in total. The average Bonchev–Trinajstić information content (AvgIpc) is 1.89. The van der Waals surface area contributed by atoms with E-state index in [0.29, 0.717) is 16.8 Å². The SMILES string of the molecule is [O]=[Ti](=[O])[C]1([SiH3])CCCCO1. The first-order chi connectivity index (χ1) is 4.65. The third-order valence-corrected chi connectivity index (χ3v) is 6.34. The normalized spacial score (nSPS) is 34.0. The van der Waals surface area contributed by atoms with Crippen molar-refractivity contribution < 1.29 is 29.2 Å². The van der Waals surface area contributed by atoms with Gasteiger partial charge in [0.1, 0.15) is 0 Å². The van der Waals surface area contributed by atoms with Crippen LogP contribution in [0.2, 0.25) is 0 Å². The average molecular weight is 195 g/mol. The summed E-state index contributed by atoms with van der Waals surface area (Å²) in [5, 5.41) is 0. The van der Waals surface area contributed by atoms with E-state index < -0.39 is 21.3 Å². The van der Waals surface area contributed by atoms with Crippen molar-refractivity contribution in [1.29, 1.82) is 0 Å². The van der Waals surface area contributed by atoms with Crippen molar-refractivity contribution in [3.63, 3.8) is 0 Å². The Morgan fingerprint density at radius 2 is 2.10 bits per heavy atom. The molecule has 0 aromatic heterocycles. The summed E-state index contributed by atoms with van der Waals surface area (Å²) in [4.78, 5) is 0. The molecule has 0 bridgehead atoms. The van der Waals surface area contributed by atoms with Gasteiger partial charge in [0, 0.05) is 0 Å². The summed E-state index contributed by atoms with van der Waals surface area (Å²) < 4.78 is 26.1. The molecule has 0 aromatic carbocycles. The minimum atomic E-state index is -3.28. The number of rotatable bonds is 1. The van der Waals surface area contributed by atoms with Crippen molar-refractivity contribution in [1.82, 2.24) is 0 Å². The van der Waals surface area contributed by atoms with Gasteiger partial charge in [-0.25, -0.2) is 0 Å². The van der Waals surface area contributed by atoms with Crippen LogP contribution in [0.5, 0.6) is 0 Å². The van der Waals surface area contributed by atoms with Crippen LogP contribution in [0.4, 0.5) is 0 Å². The van der Waals surface area contributed by atoms with Crippen LogP contribution in [0.1, 0.15) is 19.3 Å². The van der Waals surface area contributed by atoms with Crippen LogP contribution in [0.25, 0.3) is 0 Å². The van der Waals surface area contributed by atoms with E-state index in [1.54, 1.807) is 0 Å². The van der Waals surface area contributed by atoms with Gasteiger partial charge in [-0.05, 0) is 0 Å². The molecule has 0 spiro atoms. The van der Waals surface area contributed by atoms with Gasteiger partial charge in [-0.15, -0.1) is 0 Å². The molecule has 10 heavy (non-hydrogen) atoms. The molecule has 1 heterocycles. The second-order valence-corrected chi connectivity index (χ2v) is 8.55. The minimum absolute atomic E-state index is 0.627. The molecule has 1 fully saturated rings. The summed E-state index contributed by atoms with van der Waals surface area (Å²) in [5.41, 5.74) is 0. The Labute approximate surface area is 69.0 Å². The predicted octanol–water partition coefficient (Wildman–Crippen LogP) is -0.485. The molecule has 0 aliphatic carbocycles. The maximum atomic E-state index is 10.7. The van der Waals surface area contributed by atoms with Gasteiger partial charge in [0.2, 0.25) is 0 Å². The zero-order chi connectivity index (χ0) is 7.61. The van der Waals surface area contributed by atoms with Crippen LogP contribution >= 0.6 is 0 Å². The summed E-state index contributed by atoms with van der Waals surface area (Å²) in [6.07, 6.45) is 2.79. The van der Waals surface area contributed by atoms with Crippen molar-refractivity contribution in [2.75, 3.05) is 6.61 Å². The van der Waals surface area contributed by atoms with Gasteiger partial charge < -0.3 is 0 Å². The first-order valence-corrected chi connectivity index (χ1v) is 6.56. The number of hydrogen-bond acceptors (Lipinski definition) is 3. The molecule has 0 aromatic rings. The third-order valence-electron chi connectivity index (χ3n) is 1.90. The zero-order valence-corrected chi connectivity index (χ0v) is 9.61. The molecule has 1 atom stereocenters. The molecule has 0 radical (unpaired) electrons. The van der Waals surface area contributed by atoms with Crippen molar-refractivity contribution >= 4 is 10.2 Å². The molecule has 57 valence electrons. The van der Waals surface area contributed by atoms with E-state index in [2.05, 4.69) is 0 Å². The van der Waals surface area contributed by atoms with E-state index in [-0.39, 0.29) is 0 Å². The second-order valence-electron chi connectivity index (χ2n) is 2.82. The fourth-order valence-electron chi connectivity index (χ4n) is 1.09. The Hall–Kier alpha value is 0.491. The maximum absolute atomic E-state index is 10.7. The Morgan fingerprint density at radius 1 is 1.40 bits per heavy atom. The van der Waals surface area contributed by atoms with Gasteiger partial charge in [0.15, 0.2) is 0 Å². The number of hydrogen-bond donors (Lipinski definition) is 0. The molecule has 1 aliphatic rings. The van der Waals surface area contributed by atoms with E-state index >= 15 is 0 Å². The molecule has 1 rings (SSSR count). The summed E-state index contributed by atoms with van der Waals surface area (Å²) >= 11 is -3.28. The van der Waals surface area contributed by atoms with Crippen LogP contribution < -0.4 is 0 Å². The van der Waals surface area contributed by atoms with Gasteiger partial charge in [-0.3, -0.25) is 0 Å². The summed E-state index contributed by atoms with van der Waals surface area (Å²) in [5.74, 6) is 0. The van der Waals surface area contributed by atoms with E-state index in [9.17, 15) is 6.65 Å². The molecule has 0 saturated carbocycles. The quantitative estimate of drug-likeness (QED) is 0.530. The Bertz CT molecular complexity index is 175. The first-order valence-electron chi connectivity index (χ1n) is 3.50. The van der Waals surface area contributed by atoms with Crippen molar-refractivity contribution in [2.45, 2.75) is 22.8 Å². The van der Waals surface area contributed by atoms with E-state index in [1.165, 1.54) is 0 Å². The Balaban J connectivity index is 2.65. The van der Waals surface area contributed by atoms with Crippen LogP contribution in [-0.4, -0.2) is 20.4 Å². The number of ether oxygens (including phenoxy) is 1. The Morgan fingerprint density at radius 3 is 2.40 bits per heavy atom. The topological polar surface area (TPSA) is 43.4 Å². The fraction of sp³-hybridized carbons (Fsp3) is 1.00. The van der Waals surface area contributed by atoms with Gasteiger partial charge in [-0.2, -0.15) is 0 Å². The monoisotopic (exact) mass is 195 g/mol. The molecule has 1 unspecified atom stereocenters. The molecule has 1 saturated heterocycles. The summed E-state index contributed by atoms with van der Waals surface area (Å²) in [7, 11) is 0.641. The Kier molecular flexibility index (Phi) is 2.80. The van der Waals surface area contributed by atoms with Gasteiger partial charge in [-0.1, -0.05) is 0 Å². The summed E-state index contributed by atoms with van der Waals surface area (Å²) in [6.45, 7) is 0.643. The standard InChI is InChI=1S/C5H11OSi.2O.Ti/c7-5-3-1-2-4-6-5;;;/h1-4H2,7H3;;;. The molecule has 0 amide bonds. The molecule has 1 aliphatic heterocycles. The molecule has 3 nitrogen and oxygen atoms in total. The van der Waals surface area contributed by atoms with Gasteiger partial charge in [0.25, 0.3) is 0 Å². The predicted molar refractivity (Wildman–Crippen MR) is 33.8 cm³/mol. The summed E-state index contributed by atoms with van der Waals surface area (Å²) in [6, 6.07) is 0. The van der Waals surface area contributed by atoms with Crippen molar-refractivity contribution in [2.24, 2.45) is 0 Å². The molecular weight excluding hydrogens is 184 g/mol. The van der Waals surface area contributed by atoms with E-state index in [0.717, 1.165) is 19.3 Å². The first kappa shape index (κ1) is 8.59. The van der Waals surface area contributed by atoms with Crippen molar-refractivity contribution in [3.05, 3.63) is 0 Å². The second kappa shape index (κ2) is 3.26. The van der Waals surface area contributed by atoms with Gasteiger partial charge >= 0.3 is 68.8 Å². The van der Waals surface area contributed by atoms with Crippen LogP contribution in [0.15, 0.2) is 0 Å². The molecular formula is C5H11O3SiTi.